The van der Waals surface area contributed by atoms with E-state index in [1.165, 1.54) is 0 Å². The molecular weight excluding hydrogens is 178 g/mol. The summed E-state index contributed by atoms with van der Waals surface area (Å²) in [5.74, 6) is 0.130. The second kappa shape index (κ2) is 8.97. The zero-order valence-electron chi connectivity index (χ0n) is 9.38. The van der Waals surface area contributed by atoms with Crippen LogP contribution in [-0.4, -0.2) is 43.5 Å². The highest BCUT2D eigenvalue weighted by molar-refractivity contribution is 5.75. The third-order valence-corrected chi connectivity index (χ3v) is 2.25. The molecule has 0 rings (SSSR count). The van der Waals surface area contributed by atoms with Crippen LogP contribution < -0.4 is 11.1 Å². The fourth-order valence-corrected chi connectivity index (χ4v) is 1.22. The molecule has 1 amide bonds. The number of carbonyl (C=O) groups excluding carboxylic acids is 1. The minimum Gasteiger partial charge on any atom is -0.356 e. The van der Waals surface area contributed by atoms with Gasteiger partial charge in [-0.25, -0.2) is 0 Å². The van der Waals surface area contributed by atoms with E-state index >= 15 is 0 Å². The molecule has 4 heteroatoms. The first-order valence-corrected chi connectivity index (χ1v) is 5.43. The number of hydrogen-bond acceptors (Lipinski definition) is 3. The van der Waals surface area contributed by atoms with Gasteiger partial charge in [-0.15, -0.1) is 0 Å². The van der Waals surface area contributed by atoms with Crippen molar-refractivity contribution in [1.29, 1.82) is 0 Å². The largest absolute Gasteiger partial charge is 0.356 e. The Bertz CT molecular complexity index is 146. The summed E-state index contributed by atoms with van der Waals surface area (Å²) in [5, 5.41) is 2.84. The lowest BCUT2D eigenvalue weighted by molar-refractivity contribution is -0.121. The van der Waals surface area contributed by atoms with E-state index in [0.29, 0.717) is 19.5 Å². The Morgan fingerprint density at radius 2 is 2.00 bits per heavy atom. The van der Waals surface area contributed by atoms with Gasteiger partial charge in [0.25, 0.3) is 0 Å². The van der Waals surface area contributed by atoms with Gasteiger partial charge in [0.2, 0.25) is 5.91 Å². The molecule has 14 heavy (non-hydrogen) atoms. The maximum Gasteiger partial charge on any atom is 0.221 e. The van der Waals surface area contributed by atoms with Crippen LogP contribution in [0.25, 0.3) is 0 Å². The molecule has 0 bridgehead atoms. The van der Waals surface area contributed by atoms with Gasteiger partial charge in [-0.05, 0) is 26.1 Å². The molecule has 0 saturated carbocycles. The molecular formula is C10H23N3O. The summed E-state index contributed by atoms with van der Waals surface area (Å²) in [7, 11) is 0. The fraction of sp³-hybridized carbons (Fsp3) is 0.900. The predicted molar refractivity (Wildman–Crippen MR) is 59.1 cm³/mol. The molecule has 0 aromatic heterocycles. The number of nitrogens with two attached hydrogens (primary N) is 1. The lowest BCUT2D eigenvalue weighted by Crippen LogP contribution is -2.31. The summed E-state index contributed by atoms with van der Waals surface area (Å²) >= 11 is 0. The van der Waals surface area contributed by atoms with Crippen molar-refractivity contribution in [3.8, 4) is 0 Å². The van der Waals surface area contributed by atoms with E-state index in [1.54, 1.807) is 0 Å². The van der Waals surface area contributed by atoms with Crippen molar-refractivity contribution in [2.24, 2.45) is 5.73 Å². The van der Waals surface area contributed by atoms with Crippen molar-refractivity contribution >= 4 is 5.91 Å². The Morgan fingerprint density at radius 3 is 2.50 bits per heavy atom. The summed E-state index contributed by atoms with van der Waals surface area (Å²) in [6.07, 6.45) is 1.45. The molecule has 0 spiro atoms. The standard InChI is InChI=1S/C10H23N3O/c1-3-13(4-2)9-6-10(14)12-8-5-7-11/h3-9,11H2,1-2H3,(H,12,14). The summed E-state index contributed by atoms with van der Waals surface area (Å²) < 4.78 is 0. The van der Waals surface area contributed by atoms with E-state index in [-0.39, 0.29) is 5.91 Å². The summed E-state index contributed by atoms with van der Waals surface area (Å²) in [4.78, 5) is 13.5. The average Bonchev–Trinajstić information content (AvgIpc) is 2.20. The lowest BCUT2D eigenvalue weighted by atomic mass is 10.3. The SMILES string of the molecule is CCN(CC)CCC(=O)NCCCN. The van der Waals surface area contributed by atoms with Crippen LogP contribution in [0, 0.1) is 0 Å². The predicted octanol–water partition coefficient (Wildman–Crippen LogP) is 0.183. The van der Waals surface area contributed by atoms with Gasteiger partial charge in [0.05, 0.1) is 0 Å². The highest BCUT2D eigenvalue weighted by Crippen LogP contribution is 1.90. The van der Waals surface area contributed by atoms with E-state index in [4.69, 9.17) is 5.73 Å². The topological polar surface area (TPSA) is 58.4 Å². The second-order valence-corrected chi connectivity index (χ2v) is 3.27. The third-order valence-electron chi connectivity index (χ3n) is 2.25. The molecule has 3 N–H and O–H groups in total. The first-order valence-electron chi connectivity index (χ1n) is 5.43. The van der Waals surface area contributed by atoms with Crippen LogP contribution >= 0.6 is 0 Å². The molecule has 4 nitrogen and oxygen atoms in total. The summed E-state index contributed by atoms with van der Waals surface area (Å²) in [6.45, 7) is 8.41. The van der Waals surface area contributed by atoms with E-state index in [9.17, 15) is 4.79 Å². The molecule has 0 saturated heterocycles. The maximum absolute atomic E-state index is 11.3. The monoisotopic (exact) mass is 201 g/mol. The van der Waals surface area contributed by atoms with Crippen LogP contribution in [0.2, 0.25) is 0 Å². The molecule has 0 fully saturated rings. The molecule has 0 aromatic rings. The van der Waals surface area contributed by atoms with Gasteiger partial charge >= 0.3 is 0 Å². The van der Waals surface area contributed by atoms with Gasteiger partial charge in [-0.1, -0.05) is 13.8 Å². The molecule has 0 aliphatic carbocycles. The molecule has 0 heterocycles. The van der Waals surface area contributed by atoms with Crippen LogP contribution in [0.5, 0.6) is 0 Å². The van der Waals surface area contributed by atoms with E-state index < -0.39 is 0 Å². The van der Waals surface area contributed by atoms with Gasteiger partial charge in [0.15, 0.2) is 0 Å². The highest BCUT2D eigenvalue weighted by atomic mass is 16.1. The third kappa shape index (κ3) is 6.86. The van der Waals surface area contributed by atoms with E-state index in [1.807, 2.05) is 0 Å². The molecule has 0 unspecified atom stereocenters. The number of amides is 1. The molecule has 84 valence electrons. The normalized spacial score (nSPS) is 10.6. The van der Waals surface area contributed by atoms with Crippen molar-refractivity contribution in [2.45, 2.75) is 26.7 Å². The van der Waals surface area contributed by atoms with E-state index in [0.717, 1.165) is 26.1 Å². The molecule has 0 aromatic carbocycles. The van der Waals surface area contributed by atoms with Crippen molar-refractivity contribution in [3.63, 3.8) is 0 Å². The Hall–Kier alpha value is -0.610. The van der Waals surface area contributed by atoms with Crippen molar-refractivity contribution in [3.05, 3.63) is 0 Å². The maximum atomic E-state index is 11.3. The number of nitrogens with zero attached hydrogens (tertiary/aromatic N) is 1. The van der Waals surface area contributed by atoms with Crippen molar-refractivity contribution < 1.29 is 4.79 Å². The Morgan fingerprint density at radius 1 is 1.36 bits per heavy atom. The quantitative estimate of drug-likeness (QED) is 0.551. The zero-order valence-corrected chi connectivity index (χ0v) is 9.38. The van der Waals surface area contributed by atoms with Crippen LogP contribution in [0.3, 0.4) is 0 Å². The first kappa shape index (κ1) is 13.4. The summed E-state index contributed by atoms with van der Waals surface area (Å²) in [6, 6.07) is 0. The summed E-state index contributed by atoms with van der Waals surface area (Å²) in [5.41, 5.74) is 5.32. The van der Waals surface area contributed by atoms with Crippen LogP contribution in [0.15, 0.2) is 0 Å². The second-order valence-electron chi connectivity index (χ2n) is 3.27. The van der Waals surface area contributed by atoms with Crippen molar-refractivity contribution in [1.82, 2.24) is 10.2 Å². The Kier molecular flexibility index (Phi) is 8.57. The molecule has 0 aliphatic heterocycles. The number of carbonyl (C=O) groups is 1. The molecule has 0 atom stereocenters. The van der Waals surface area contributed by atoms with Crippen LogP contribution in [-0.2, 0) is 4.79 Å². The van der Waals surface area contributed by atoms with Crippen molar-refractivity contribution in [2.75, 3.05) is 32.7 Å². The number of rotatable bonds is 8. The van der Waals surface area contributed by atoms with E-state index in [2.05, 4.69) is 24.1 Å². The Balaban J connectivity index is 3.42. The van der Waals surface area contributed by atoms with Gasteiger partial charge in [-0.2, -0.15) is 0 Å². The molecule has 0 radical (unpaired) electrons. The minimum absolute atomic E-state index is 0.130. The Labute approximate surface area is 86.8 Å². The van der Waals surface area contributed by atoms with Gasteiger partial charge in [-0.3, -0.25) is 4.79 Å². The first-order chi connectivity index (χ1) is 6.74. The minimum atomic E-state index is 0.130. The lowest BCUT2D eigenvalue weighted by Gasteiger charge is -2.17. The van der Waals surface area contributed by atoms with Crippen LogP contribution in [0.1, 0.15) is 26.7 Å². The number of hydrogen-bond donors (Lipinski definition) is 2. The number of nitrogens with one attached hydrogen (secondary N) is 1. The molecule has 0 aliphatic rings. The smallest absolute Gasteiger partial charge is 0.221 e. The van der Waals surface area contributed by atoms with Gasteiger partial charge < -0.3 is 16.0 Å². The zero-order chi connectivity index (χ0) is 10.8. The average molecular weight is 201 g/mol. The van der Waals surface area contributed by atoms with Gasteiger partial charge in [0.1, 0.15) is 0 Å². The fourth-order valence-electron chi connectivity index (χ4n) is 1.22. The van der Waals surface area contributed by atoms with Gasteiger partial charge in [0, 0.05) is 19.5 Å². The van der Waals surface area contributed by atoms with Crippen LogP contribution in [0.4, 0.5) is 0 Å². The highest BCUT2D eigenvalue weighted by Gasteiger charge is 2.03.